The number of rotatable bonds is 2. The van der Waals surface area contributed by atoms with E-state index in [1.165, 1.54) is 0 Å². The third-order valence-corrected chi connectivity index (χ3v) is 3.76. The molecular formula is C13H13Cl2NO. The Morgan fingerprint density at radius 3 is 3.00 bits per heavy atom. The quantitative estimate of drug-likeness (QED) is 0.800. The van der Waals surface area contributed by atoms with Gasteiger partial charge in [0.15, 0.2) is 0 Å². The van der Waals surface area contributed by atoms with Gasteiger partial charge in [-0.3, -0.25) is 0 Å². The standard InChI is InChI=1S/C13H13Cl2NO/c14-9-6-12(15)11-3-4-16(13(11)7-9)8-10-2-1-5-17-10/h3-4,6-7,10H,1-2,5,8H2. The topological polar surface area (TPSA) is 14.2 Å². The Hall–Kier alpha value is -0.700. The summed E-state index contributed by atoms with van der Waals surface area (Å²) in [5.74, 6) is 0. The van der Waals surface area contributed by atoms with Crippen molar-refractivity contribution in [3.8, 4) is 0 Å². The lowest BCUT2D eigenvalue weighted by Gasteiger charge is -2.12. The van der Waals surface area contributed by atoms with Gasteiger partial charge in [0.1, 0.15) is 0 Å². The summed E-state index contributed by atoms with van der Waals surface area (Å²) in [6.07, 6.45) is 4.66. The summed E-state index contributed by atoms with van der Waals surface area (Å²) in [4.78, 5) is 0. The van der Waals surface area contributed by atoms with Crippen LogP contribution in [0.1, 0.15) is 12.8 Å². The first-order valence-electron chi connectivity index (χ1n) is 5.79. The maximum Gasteiger partial charge on any atom is 0.0754 e. The summed E-state index contributed by atoms with van der Waals surface area (Å²) in [6.45, 7) is 1.76. The molecule has 2 nitrogen and oxygen atoms in total. The van der Waals surface area contributed by atoms with Crippen LogP contribution in [0.25, 0.3) is 10.9 Å². The van der Waals surface area contributed by atoms with Crippen LogP contribution < -0.4 is 0 Å². The number of fused-ring (bicyclic) bond motifs is 1. The predicted molar refractivity (Wildman–Crippen MR) is 70.9 cm³/mol. The molecule has 1 fully saturated rings. The lowest BCUT2D eigenvalue weighted by molar-refractivity contribution is 0.0980. The van der Waals surface area contributed by atoms with Gasteiger partial charge in [0.25, 0.3) is 0 Å². The lowest BCUT2D eigenvalue weighted by Crippen LogP contribution is -2.13. The molecular weight excluding hydrogens is 257 g/mol. The van der Waals surface area contributed by atoms with Gasteiger partial charge in [-0.05, 0) is 31.0 Å². The highest BCUT2D eigenvalue weighted by Crippen LogP contribution is 2.29. The molecule has 1 aromatic heterocycles. The van der Waals surface area contributed by atoms with Crippen LogP contribution in [-0.2, 0) is 11.3 Å². The fourth-order valence-corrected chi connectivity index (χ4v) is 2.93. The van der Waals surface area contributed by atoms with Crippen LogP contribution in [0.15, 0.2) is 24.4 Å². The molecule has 1 aliphatic rings. The molecule has 1 unspecified atom stereocenters. The van der Waals surface area contributed by atoms with E-state index in [2.05, 4.69) is 10.8 Å². The van der Waals surface area contributed by atoms with E-state index in [0.29, 0.717) is 16.1 Å². The van der Waals surface area contributed by atoms with Crippen molar-refractivity contribution < 1.29 is 4.74 Å². The molecule has 0 aliphatic carbocycles. The zero-order chi connectivity index (χ0) is 11.8. The van der Waals surface area contributed by atoms with E-state index in [0.717, 1.165) is 36.9 Å². The van der Waals surface area contributed by atoms with Gasteiger partial charge in [0.05, 0.1) is 16.6 Å². The molecule has 0 radical (unpaired) electrons. The minimum absolute atomic E-state index is 0.323. The van der Waals surface area contributed by atoms with Crippen LogP contribution in [0.2, 0.25) is 10.0 Å². The molecule has 2 aromatic rings. The molecule has 4 heteroatoms. The number of hydrogen-bond donors (Lipinski definition) is 0. The molecule has 0 saturated carbocycles. The number of nitrogens with zero attached hydrogens (tertiary/aromatic N) is 1. The monoisotopic (exact) mass is 269 g/mol. The van der Waals surface area contributed by atoms with E-state index in [1.807, 2.05) is 12.1 Å². The van der Waals surface area contributed by atoms with Crippen LogP contribution in [-0.4, -0.2) is 17.3 Å². The van der Waals surface area contributed by atoms with Crippen molar-refractivity contribution in [2.24, 2.45) is 0 Å². The minimum atomic E-state index is 0.323. The molecule has 1 atom stereocenters. The maximum atomic E-state index is 6.16. The van der Waals surface area contributed by atoms with Crippen molar-refractivity contribution in [3.63, 3.8) is 0 Å². The Kier molecular flexibility index (Phi) is 3.03. The number of hydrogen-bond acceptors (Lipinski definition) is 1. The zero-order valence-electron chi connectivity index (χ0n) is 9.33. The predicted octanol–water partition coefficient (Wildman–Crippen LogP) is 4.13. The molecule has 1 aliphatic heterocycles. The lowest BCUT2D eigenvalue weighted by atomic mass is 10.2. The van der Waals surface area contributed by atoms with Crippen molar-refractivity contribution in [2.75, 3.05) is 6.61 Å². The smallest absolute Gasteiger partial charge is 0.0754 e. The summed E-state index contributed by atoms with van der Waals surface area (Å²) in [5.41, 5.74) is 1.08. The second-order valence-corrected chi connectivity index (χ2v) is 5.27. The molecule has 90 valence electrons. The van der Waals surface area contributed by atoms with Gasteiger partial charge >= 0.3 is 0 Å². The first kappa shape index (κ1) is 11.4. The van der Waals surface area contributed by atoms with E-state index in [1.54, 1.807) is 6.07 Å². The average Bonchev–Trinajstić information content (AvgIpc) is 2.89. The highest BCUT2D eigenvalue weighted by atomic mass is 35.5. The maximum absolute atomic E-state index is 6.16. The fourth-order valence-electron chi connectivity index (χ4n) is 2.39. The molecule has 1 aromatic carbocycles. The second-order valence-electron chi connectivity index (χ2n) is 4.42. The first-order chi connectivity index (χ1) is 8.24. The highest BCUT2D eigenvalue weighted by Gasteiger charge is 2.17. The van der Waals surface area contributed by atoms with E-state index < -0.39 is 0 Å². The van der Waals surface area contributed by atoms with Crippen molar-refractivity contribution in [2.45, 2.75) is 25.5 Å². The molecule has 0 bridgehead atoms. The van der Waals surface area contributed by atoms with Crippen LogP contribution >= 0.6 is 23.2 Å². The van der Waals surface area contributed by atoms with E-state index in [9.17, 15) is 0 Å². The second kappa shape index (κ2) is 4.52. The number of benzene rings is 1. The number of halogens is 2. The summed E-state index contributed by atoms with van der Waals surface area (Å²) in [7, 11) is 0. The van der Waals surface area contributed by atoms with Gasteiger partial charge < -0.3 is 9.30 Å². The Bertz CT molecular complexity index is 544. The van der Waals surface area contributed by atoms with Crippen molar-refractivity contribution in [1.29, 1.82) is 0 Å². The SMILES string of the molecule is Clc1cc(Cl)c2ccn(CC3CCCO3)c2c1. The van der Waals surface area contributed by atoms with E-state index >= 15 is 0 Å². The highest BCUT2D eigenvalue weighted by molar-refractivity contribution is 6.38. The van der Waals surface area contributed by atoms with Gasteiger partial charge in [-0.15, -0.1) is 0 Å². The van der Waals surface area contributed by atoms with Gasteiger partial charge in [0.2, 0.25) is 0 Å². The summed E-state index contributed by atoms with van der Waals surface area (Å²) in [5, 5.41) is 2.43. The average molecular weight is 270 g/mol. The molecule has 0 spiro atoms. The summed E-state index contributed by atoms with van der Waals surface area (Å²) in [6, 6.07) is 5.77. The summed E-state index contributed by atoms with van der Waals surface area (Å²) < 4.78 is 7.82. The van der Waals surface area contributed by atoms with Crippen molar-refractivity contribution in [1.82, 2.24) is 4.57 Å². The first-order valence-corrected chi connectivity index (χ1v) is 6.55. The van der Waals surface area contributed by atoms with Crippen molar-refractivity contribution >= 4 is 34.1 Å². The van der Waals surface area contributed by atoms with Gasteiger partial charge in [-0.2, -0.15) is 0 Å². The molecule has 2 heterocycles. The normalized spacial score (nSPS) is 20.2. The van der Waals surface area contributed by atoms with Crippen LogP contribution in [0.5, 0.6) is 0 Å². The summed E-state index contributed by atoms with van der Waals surface area (Å²) >= 11 is 12.2. The van der Waals surface area contributed by atoms with Gasteiger partial charge in [-0.25, -0.2) is 0 Å². The van der Waals surface area contributed by atoms with Crippen molar-refractivity contribution in [3.05, 3.63) is 34.4 Å². The van der Waals surface area contributed by atoms with Gasteiger partial charge in [0, 0.05) is 29.8 Å². The van der Waals surface area contributed by atoms with E-state index in [-0.39, 0.29) is 0 Å². The van der Waals surface area contributed by atoms with Crippen LogP contribution in [0, 0.1) is 0 Å². The van der Waals surface area contributed by atoms with E-state index in [4.69, 9.17) is 27.9 Å². The molecule has 0 amide bonds. The number of aromatic nitrogens is 1. The Balaban J connectivity index is 1.99. The Morgan fingerprint density at radius 1 is 1.35 bits per heavy atom. The largest absolute Gasteiger partial charge is 0.376 e. The Morgan fingerprint density at radius 2 is 2.24 bits per heavy atom. The Labute approximate surface area is 110 Å². The fraction of sp³-hybridized carbons (Fsp3) is 0.385. The molecule has 0 N–H and O–H groups in total. The minimum Gasteiger partial charge on any atom is -0.376 e. The third-order valence-electron chi connectivity index (χ3n) is 3.23. The zero-order valence-corrected chi connectivity index (χ0v) is 10.8. The molecule has 1 saturated heterocycles. The van der Waals surface area contributed by atoms with Crippen LogP contribution in [0.4, 0.5) is 0 Å². The van der Waals surface area contributed by atoms with Gasteiger partial charge in [-0.1, -0.05) is 23.2 Å². The van der Waals surface area contributed by atoms with Crippen LogP contribution in [0.3, 0.4) is 0 Å². The molecule has 3 rings (SSSR count). The third kappa shape index (κ3) is 2.17. The molecule has 17 heavy (non-hydrogen) atoms. The number of ether oxygens (including phenoxy) is 1.